The van der Waals surface area contributed by atoms with E-state index in [4.69, 9.17) is 14.2 Å². The lowest BCUT2D eigenvalue weighted by molar-refractivity contribution is -0.120. The maximum absolute atomic E-state index is 13.6. The predicted octanol–water partition coefficient (Wildman–Crippen LogP) is 4.52. The van der Waals surface area contributed by atoms with Crippen LogP contribution in [0.1, 0.15) is 18.1 Å². The molecule has 33 heavy (non-hydrogen) atoms. The molecule has 0 saturated carbocycles. The van der Waals surface area contributed by atoms with Crippen molar-refractivity contribution < 1.29 is 23.8 Å². The van der Waals surface area contributed by atoms with Crippen LogP contribution in [0.15, 0.2) is 72.4 Å². The molecule has 0 saturated heterocycles. The van der Waals surface area contributed by atoms with E-state index in [1.165, 1.54) is 4.90 Å². The number of para-hydroxylation sites is 1. The third kappa shape index (κ3) is 3.67. The van der Waals surface area contributed by atoms with Crippen LogP contribution in [-0.4, -0.2) is 25.2 Å². The monoisotopic (exact) mass is 442 g/mol. The molecule has 2 heterocycles. The molecule has 7 nitrogen and oxygen atoms in total. The second kappa shape index (κ2) is 8.35. The van der Waals surface area contributed by atoms with Gasteiger partial charge in [0.25, 0.3) is 11.8 Å². The average molecular weight is 442 g/mol. The Morgan fingerprint density at radius 2 is 1.70 bits per heavy atom. The Morgan fingerprint density at radius 3 is 2.45 bits per heavy atom. The molecule has 0 spiro atoms. The molecule has 5 rings (SSSR count). The topological polar surface area (TPSA) is 77.1 Å². The van der Waals surface area contributed by atoms with Crippen molar-refractivity contribution in [2.75, 3.05) is 23.6 Å². The van der Waals surface area contributed by atoms with Crippen molar-refractivity contribution in [3.8, 4) is 17.2 Å². The molecule has 0 unspecified atom stereocenters. The normalized spacial score (nSPS) is 14.8. The fourth-order valence-electron chi connectivity index (χ4n) is 3.95. The average Bonchev–Trinajstić information content (AvgIpc) is 3.37. The van der Waals surface area contributed by atoms with Crippen LogP contribution in [0.5, 0.6) is 17.2 Å². The van der Waals surface area contributed by atoms with Crippen molar-refractivity contribution in [1.82, 2.24) is 0 Å². The molecule has 166 valence electrons. The van der Waals surface area contributed by atoms with Gasteiger partial charge in [0.1, 0.15) is 11.4 Å². The van der Waals surface area contributed by atoms with Crippen molar-refractivity contribution in [2.45, 2.75) is 13.8 Å². The van der Waals surface area contributed by atoms with E-state index in [0.717, 1.165) is 5.56 Å². The molecule has 3 aromatic rings. The van der Waals surface area contributed by atoms with Crippen molar-refractivity contribution in [1.29, 1.82) is 0 Å². The number of imide groups is 1. The van der Waals surface area contributed by atoms with E-state index >= 15 is 0 Å². The minimum atomic E-state index is -0.421. The van der Waals surface area contributed by atoms with Gasteiger partial charge in [0.2, 0.25) is 6.79 Å². The fraction of sp³-hybridized carbons (Fsp3) is 0.154. The highest BCUT2D eigenvalue weighted by Crippen LogP contribution is 2.38. The highest BCUT2D eigenvalue weighted by atomic mass is 16.7. The van der Waals surface area contributed by atoms with Gasteiger partial charge in [0.15, 0.2) is 11.5 Å². The third-order valence-electron chi connectivity index (χ3n) is 5.54. The number of nitrogens with zero attached hydrogens (tertiary/aromatic N) is 1. The van der Waals surface area contributed by atoms with Crippen LogP contribution in [0.2, 0.25) is 0 Å². The number of carbonyl (C=O) groups excluding carboxylic acids is 2. The first kappa shape index (κ1) is 20.6. The Bertz CT molecular complexity index is 1280. The molecule has 1 N–H and O–H groups in total. The zero-order chi connectivity index (χ0) is 22.9. The number of anilines is 2. The number of carbonyl (C=O) groups is 2. The molecule has 0 aromatic heterocycles. The van der Waals surface area contributed by atoms with E-state index in [2.05, 4.69) is 5.32 Å². The molecule has 0 aliphatic carbocycles. The maximum atomic E-state index is 13.6. The van der Waals surface area contributed by atoms with Gasteiger partial charge in [-0.3, -0.25) is 9.59 Å². The standard InChI is InChI=1S/C26H22N2O5/c1-3-31-19-11-8-17(9-12-19)23-24(27-18-10-13-21-22(14-18)33-15-32-21)26(30)28(25(23)29)20-7-5-4-6-16(20)2/h4-14,27H,3,15H2,1-2H3. The van der Waals surface area contributed by atoms with Gasteiger partial charge in [0, 0.05) is 11.8 Å². The van der Waals surface area contributed by atoms with Crippen molar-refractivity contribution >= 4 is 28.8 Å². The molecule has 3 aromatic carbocycles. The van der Waals surface area contributed by atoms with Crippen LogP contribution in [0.4, 0.5) is 11.4 Å². The zero-order valence-corrected chi connectivity index (χ0v) is 18.3. The summed E-state index contributed by atoms with van der Waals surface area (Å²) in [6.45, 7) is 4.47. The van der Waals surface area contributed by atoms with Crippen LogP contribution in [0.25, 0.3) is 5.57 Å². The summed E-state index contributed by atoms with van der Waals surface area (Å²) in [7, 11) is 0. The summed E-state index contributed by atoms with van der Waals surface area (Å²) in [6.07, 6.45) is 0. The van der Waals surface area contributed by atoms with E-state index < -0.39 is 5.91 Å². The first-order chi connectivity index (χ1) is 16.1. The SMILES string of the molecule is CCOc1ccc(C2=C(Nc3ccc4c(c3)OCO4)C(=O)N(c3ccccc3C)C2=O)cc1. The highest BCUT2D eigenvalue weighted by molar-refractivity contribution is 6.46. The summed E-state index contributed by atoms with van der Waals surface area (Å²) >= 11 is 0. The zero-order valence-electron chi connectivity index (χ0n) is 18.3. The Balaban J connectivity index is 1.58. The van der Waals surface area contributed by atoms with Crippen LogP contribution in [0, 0.1) is 6.92 Å². The molecular weight excluding hydrogens is 420 g/mol. The number of aryl methyl sites for hydroxylation is 1. The molecule has 0 fully saturated rings. The lowest BCUT2D eigenvalue weighted by Gasteiger charge is -2.17. The van der Waals surface area contributed by atoms with Gasteiger partial charge in [-0.15, -0.1) is 0 Å². The second-order valence-corrected chi connectivity index (χ2v) is 7.63. The van der Waals surface area contributed by atoms with Gasteiger partial charge in [-0.25, -0.2) is 4.90 Å². The third-order valence-corrected chi connectivity index (χ3v) is 5.54. The van der Waals surface area contributed by atoms with E-state index in [-0.39, 0.29) is 18.4 Å². The Hall–Kier alpha value is -4.26. The number of benzene rings is 3. The van der Waals surface area contributed by atoms with Gasteiger partial charge in [-0.05, 0) is 55.3 Å². The quantitative estimate of drug-likeness (QED) is 0.566. The van der Waals surface area contributed by atoms with Gasteiger partial charge >= 0.3 is 0 Å². The van der Waals surface area contributed by atoms with E-state index in [1.54, 1.807) is 48.5 Å². The maximum Gasteiger partial charge on any atom is 0.282 e. The number of nitrogens with one attached hydrogen (secondary N) is 1. The van der Waals surface area contributed by atoms with E-state index in [1.807, 2.05) is 32.0 Å². The van der Waals surface area contributed by atoms with Gasteiger partial charge in [-0.1, -0.05) is 30.3 Å². The summed E-state index contributed by atoms with van der Waals surface area (Å²) in [6, 6.07) is 19.8. The van der Waals surface area contributed by atoms with Crippen LogP contribution in [0.3, 0.4) is 0 Å². The molecule has 2 amide bonds. The van der Waals surface area contributed by atoms with Gasteiger partial charge < -0.3 is 19.5 Å². The van der Waals surface area contributed by atoms with Crippen molar-refractivity contribution in [2.24, 2.45) is 0 Å². The lowest BCUT2D eigenvalue weighted by Crippen LogP contribution is -2.33. The van der Waals surface area contributed by atoms with Gasteiger partial charge in [0.05, 0.1) is 17.9 Å². The van der Waals surface area contributed by atoms with Crippen LogP contribution in [-0.2, 0) is 9.59 Å². The van der Waals surface area contributed by atoms with Gasteiger partial charge in [-0.2, -0.15) is 0 Å². The lowest BCUT2D eigenvalue weighted by atomic mass is 10.0. The minimum absolute atomic E-state index is 0.150. The molecule has 7 heteroatoms. The summed E-state index contributed by atoms with van der Waals surface area (Å²) in [5.41, 5.74) is 3.12. The number of hydrogen-bond donors (Lipinski definition) is 1. The summed E-state index contributed by atoms with van der Waals surface area (Å²) in [4.78, 5) is 28.4. The summed E-state index contributed by atoms with van der Waals surface area (Å²) < 4.78 is 16.3. The van der Waals surface area contributed by atoms with E-state index in [9.17, 15) is 9.59 Å². The number of amides is 2. The number of ether oxygens (including phenoxy) is 3. The first-order valence-corrected chi connectivity index (χ1v) is 10.7. The van der Waals surface area contributed by atoms with Crippen LogP contribution < -0.4 is 24.4 Å². The Morgan fingerprint density at radius 1 is 0.939 bits per heavy atom. The number of fused-ring (bicyclic) bond motifs is 1. The minimum Gasteiger partial charge on any atom is -0.494 e. The molecule has 2 aliphatic heterocycles. The highest BCUT2D eigenvalue weighted by Gasteiger charge is 2.40. The smallest absolute Gasteiger partial charge is 0.282 e. The second-order valence-electron chi connectivity index (χ2n) is 7.63. The van der Waals surface area contributed by atoms with E-state index in [0.29, 0.717) is 46.4 Å². The first-order valence-electron chi connectivity index (χ1n) is 10.7. The molecule has 0 atom stereocenters. The molecule has 0 radical (unpaired) electrons. The molecular formula is C26H22N2O5. The fourth-order valence-corrected chi connectivity index (χ4v) is 3.95. The Kier molecular flexibility index (Phi) is 5.22. The van der Waals surface area contributed by atoms with Crippen molar-refractivity contribution in [3.63, 3.8) is 0 Å². The predicted molar refractivity (Wildman–Crippen MR) is 124 cm³/mol. The summed E-state index contributed by atoms with van der Waals surface area (Å²) in [5, 5.41) is 3.16. The largest absolute Gasteiger partial charge is 0.494 e. The Labute approximate surface area is 191 Å². The van der Waals surface area contributed by atoms with Crippen LogP contribution >= 0.6 is 0 Å². The summed E-state index contributed by atoms with van der Waals surface area (Å²) in [5.74, 6) is 1.10. The number of hydrogen-bond acceptors (Lipinski definition) is 6. The number of rotatable bonds is 6. The molecule has 2 aliphatic rings. The van der Waals surface area contributed by atoms with Crippen molar-refractivity contribution in [3.05, 3.63) is 83.6 Å². The molecule has 0 bridgehead atoms.